The molecule has 0 atom stereocenters. The van der Waals surface area contributed by atoms with E-state index >= 15 is 0 Å². The minimum atomic E-state index is 0.279. The van der Waals surface area contributed by atoms with Gasteiger partial charge in [-0.2, -0.15) is 0 Å². The Kier molecular flexibility index (Phi) is 4.34. The summed E-state index contributed by atoms with van der Waals surface area (Å²) in [7, 11) is 3.96. The van der Waals surface area contributed by atoms with Crippen molar-refractivity contribution in [1.82, 2.24) is 4.90 Å². The highest BCUT2D eigenvalue weighted by Gasteiger charge is 2.15. The molecule has 0 radical (unpaired) electrons. The average Bonchev–Trinajstić information content (AvgIpc) is 1.86. The van der Waals surface area contributed by atoms with Gasteiger partial charge in [0, 0.05) is 19.1 Å². The normalized spacial score (nSPS) is 13.3. The maximum atomic E-state index is 3.94. The first-order valence-electron chi connectivity index (χ1n) is 4.10. The van der Waals surface area contributed by atoms with E-state index in [1.54, 1.807) is 0 Å². The Labute approximate surface area is 70.3 Å². The van der Waals surface area contributed by atoms with Gasteiger partial charge in [-0.3, -0.25) is 0 Å². The second-order valence-corrected chi connectivity index (χ2v) is 3.82. The molecule has 0 rings (SSSR count). The summed E-state index contributed by atoms with van der Waals surface area (Å²) >= 11 is 0. The summed E-state index contributed by atoms with van der Waals surface area (Å²) in [6.07, 6.45) is 3.01. The zero-order valence-corrected chi connectivity index (χ0v) is 8.39. The zero-order chi connectivity index (χ0) is 8.91. The summed E-state index contributed by atoms with van der Waals surface area (Å²) in [5.41, 5.74) is 0.279. The van der Waals surface area contributed by atoms with Crippen molar-refractivity contribution >= 4 is 6.21 Å². The molecule has 0 aromatic heterocycles. The molecule has 0 saturated carbocycles. The van der Waals surface area contributed by atoms with Crippen molar-refractivity contribution in [1.29, 1.82) is 0 Å². The van der Waals surface area contributed by atoms with Crippen molar-refractivity contribution < 1.29 is 0 Å². The molecule has 0 saturated heterocycles. The van der Waals surface area contributed by atoms with Gasteiger partial charge in [0.05, 0.1) is 0 Å². The molecule has 66 valence electrons. The first kappa shape index (κ1) is 10.6. The minimum Gasteiger partial charge on any atom is -0.301 e. The molecule has 0 unspecified atom stereocenters. The Morgan fingerprint density at radius 1 is 1.36 bits per heavy atom. The molecule has 0 aromatic rings. The van der Waals surface area contributed by atoms with Gasteiger partial charge in [0.15, 0.2) is 0 Å². The van der Waals surface area contributed by atoms with E-state index < -0.39 is 0 Å². The van der Waals surface area contributed by atoms with Crippen LogP contribution in [0.25, 0.3) is 0 Å². The Bertz CT molecular complexity index is 122. The van der Waals surface area contributed by atoms with E-state index in [1.165, 1.54) is 0 Å². The van der Waals surface area contributed by atoms with E-state index in [9.17, 15) is 0 Å². The van der Waals surface area contributed by atoms with Crippen LogP contribution in [0.3, 0.4) is 0 Å². The number of nitrogens with zero attached hydrogens (tertiary/aromatic N) is 2. The molecule has 0 spiro atoms. The van der Waals surface area contributed by atoms with Crippen molar-refractivity contribution in [3.8, 4) is 0 Å². The van der Waals surface area contributed by atoms with E-state index in [2.05, 4.69) is 37.7 Å². The molecule has 2 nitrogen and oxygen atoms in total. The van der Waals surface area contributed by atoms with Crippen LogP contribution in [0.4, 0.5) is 0 Å². The predicted molar refractivity (Wildman–Crippen MR) is 51.4 cm³/mol. The molecule has 0 bridgehead atoms. The van der Waals surface area contributed by atoms with Crippen molar-refractivity contribution in [2.24, 2.45) is 4.99 Å². The van der Waals surface area contributed by atoms with E-state index in [4.69, 9.17) is 0 Å². The van der Waals surface area contributed by atoms with E-state index in [0.717, 1.165) is 13.0 Å². The maximum absolute atomic E-state index is 3.94. The van der Waals surface area contributed by atoms with Gasteiger partial charge < -0.3 is 9.89 Å². The third-order valence-electron chi connectivity index (χ3n) is 1.92. The van der Waals surface area contributed by atoms with Crippen LogP contribution >= 0.6 is 0 Å². The van der Waals surface area contributed by atoms with E-state index in [1.807, 2.05) is 13.3 Å². The van der Waals surface area contributed by atoms with Crippen LogP contribution < -0.4 is 0 Å². The fourth-order valence-electron chi connectivity index (χ4n) is 0.716. The van der Waals surface area contributed by atoms with E-state index in [-0.39, 0.29) is 5.54 Å². The van der Waals surface area contributed by atoms with Gasteiger partial charge in [0.2, 0.25) is 0 Å². The van der Waals surface area contributed by atoms with Gasteiger partial charge in [0.1, 0.15) is 0 Å². The highest BCUT2D eigenvalue weighted by atomic mass is 15.1. The Morgan fingerprint density at radius 3 is 2.27 bits per heavy atom. The highest BCUT2D eigenvalue weighted by Crippen LogP contribution is 2.09. The van der Waals surface area contributed by atoms with Crippen LogP contribution in [0, 0.1) is 0 Å². The van der Waals surface area contributed by atoms with Crippen LogP contribution in [-0.4, -0.2) is 37.3 Å². The molecule has 0 aliphatic heterocycles. The summed E-state index contributed by atoms with van der Waals surface area (Å²) in [4.78, 5) is 6.27. The topological polar surface area (TPSA) is 15.6 Å². The largest absolute Gasteiger partial charge is 0.301 e. The quantitative estimate of drug-likeness (QED) is 0.569. The van der Waals surface area contributed by atoms with Crippen LogP contribution in [-0.2, 0) is 0 Å². The Morgan fingerprint density at radius 2 is 1.91 bits per heavy atom. The molecule has 0 aliphatic carbocycles. The van der Waals surface area contributed by atoms with Crippen LogP contribution in [0.5, 0.6) is 0 Å². The lowest BCUT2D eigenvalue weighted by molar-refractivity contribution is 0.181. The van der Waals surface area contributed by atoms with Gasteiger partial charge in [-0.1, -0.05) is 0 Å². The number of hydrogen-bond donors (Lipinski definition) is 0. The summed E-state index contributed by atoms with van der Waals surface area (Å²) in [6, 6.07) is 0. The van der Waals surface area contributed by atoms with Gasteiger partial charge in [-0.25, -0.2) is 0 Å². The summed E-state index contributed by atoms with van der Waals surface area (Å²) < 4.78 is 0. The lowest BCUT2D eigenvalue weighted by Crippen LogP contribution is -2.38. The van der Waals surface area contributed by atoms with Crippen molar-refractivity contribution in [3.63, 3.8) is 0 Å². The molecule has 0 aromatic carbocycles. The molecule has 11 heavy (non-hydrogen) atoms. The van der Waals surface area contributed by atoms with Crippen LogP contribution in [0.15, 0.2) is 4.99 Å². The third-order valence-corrected chi connectivity index (χ3v) is 1.92. The lowest BCUT2D eigenvalue weighted by Gasteiger charge is -2.31. The summed E-state index contributed by atoms with van der Waals surface area (Å²) in [6.45, 7) is 7.74. The number of aliphatic imine (C=N–C) groups is 1. The van der Waals surface area contributed by atoms with Gasteiger partial charge >= 0.3 is 0 Å². The maximum Gasteiger partial charge on any atom is 0.0273 e. The van der Waals surface area contributed by atoms with E-state index in [0.29, 0.717) is 0 Å². The Balaban J connectivity index is 3.61. The van der Waals surface area contributed by atoms with Crippen LogP contribution in [0.1, 0.15) is 27.2 Å². The van der Waals surface area contributed by atoms with Crippen molar-refractivity contribution in [3.05, 3.63) is 0 Å². The second-order valence-electron chi connectivity index (χ2n) is 3.82. The standard InChI is InChI=1S/C9H20N2/c1-9(2,3)11(5)8-6-7-10-4/h7H,6,8H2,1-5H3/b10-7+. The molecule has 2 heteroatoms. The highest BCUT2D eigenvalue weighted by molar-refractivity contribution is 5.56. The van der Waals surface area contributed by atoms with Gasteiger partial charge in [0.25, 0.3) is 0 Å². The molecule has 0 amide bonds. The van der Waals surface area contributed by atoms with Crippen LogP contribution in [0.2, 0.25) is 0 Å². The SMILES string of the molecule is C/N=C/CCN(C)C(C)(C)C. The van der Waals surface area contributed by atoms with Crippen molar-refractivity contribution in [2.75, 3.05) is 20.6 Å². The fraction of sp³-hybridized carbons (Fsp3) is 0.889. The second kappa shape index (κ2) is 4.50. The molecular weight excluding hydrogens is 136 g/mol. The first-order valence-corrected chi connectivity index (χ1v) is 4.10. The fourth-order valence-corrected chi connectivity index (χ4v) is 0.716. The monoisotopic (exact) mass is 156 g/mol. The van der Waals surface area contributed by atoms with Gasteiger partial charge in [-0.15, -0.1) is 0 Å². The predicted octanol–water partition coefficient (Wildman–Crippen LogP) is 1.81. The van der Waals surface area contributed by atoms with Crippen molar-refractivity contribution in [2.45, 2.75) is 32.7 Å². The molecular formula is C9H20N2. The smallest absolute Gasteiger partial charge is 0.0273 e. The molecule has 0 heterocycles. The molecule has 0 N–H and O–H groups in total. The number of rotatable bonds is 3. The third kappa shape index (κ3) is 4.96. The number of hydrogen-bond acceptors (Lipinski definition) is 2. The average molecular weight is 156 g/mol. The zero-order valence-electron chi connectivity index (χ0n) is 8.39. The minimum absolute atomic E-state index is 0.279. The summed E-state index contributed by atoms with van der Waals surface area (Å²) in [5, 5.41) is 0. The molecule has 0 aliphatic rings. The lowest BCUT2D eigenvalue weighted by atomic mass is 10.1. The molecule has 0 fully saturated rings. The van der Waals surface area contributed by atoms with Gasteiger partial charge in [-0.05, 0) is 40.5 Å². The Hall–Kier alpha value is -0.370. The first-order chi connectivity index (χ1) is 4.98. The summed E-state index contributed by atoms with van der Waals surface area (Å²) in [5.74, 6) is 0.